The van der Waals surface area contributed by atoms with Gasteiger partial charge in [-0.1, -0.05) is 0 Å². The second-order valence-electron chi connectivity index (χ2n) is 6.99. The van der Waals surface area contributed by atoms with Gasteiger partial charge in [-0.05, 0) is 67.8 Å². The van der Waals surface area contributed by atoms with E-state index in [1.807, 2.05) is 0 Å². The lowest BCUT2D eigenvalue weighted by Crippen LogP contribution is -2.32. The number of carbonyl (C=O) groups is 1. The largest absolute Gasteiger partial charge is 0.497 e. The molecule has 1 atom stereocenters. The first-order valence-corrected chi connectivity index (χ1v) is 10.9. The zero-order valence-corrected chi connectivity index (χ0v) is 17.7. The number of ether oxygens (including phenoxy) is 2. The average Bonchev–Trinajstić information content (AvgIpc) is 3.25. The van der Waals surface area contributed by atoms with Crippen molar-refractivity contribution in [2.75, 3.05) is 31.6 Å². The highest BCUT2D eigenvalue weighted by Crippen LogP contribution is 2.27. The van der Waals surface area contributed by atoms with Crippen LogP contribution in [0.25, 0.3) is 0 Å². The van der Waals surface area contributed by atoms with Crippen LogP contribution in [-0.4, -0.2) is 47.7 Å². The zero-order chi connectivity index (χ0) is 21.0. The van der Waals surface area contributed by atoms with Gasteiger partial charge in [0.15, 0.2) is 0 Å². The highest BCUT2D eigenvalue weighted by atomic mass is 32.2. The Morgan fingerprint density at radius 3 is 2.55 bits per heavy atom. The normalized spacial score (nSPS) is 16.4. The van der Waals surface area contributed by atoms with E-state index in [4.69, 9.17) is 9.47 Å². The molecule has 0 saturated carbocycles. The molecule has 156 valence electrons. The van der Waals surface area contributed by atoms with Crippen LogP contribution >= 0.6 is 0 Å². The van der Waals surface area contributed by atoms with Gasteiger partial charge in [0.05, 0.1) is 23.8 Å². The molecule has 1 heterocycles. The van der Waals surface area contributed by atoms with Crippen molar-refractivity contribution in [2.24, 2.45) is 0 Å². The number of anilines is 1. The van der Waals surface area contributed by atoms with E-state index in [1.54, 1.807) is 37.3 Å². The molecule has 0 bridgehead atoms. The van der Waals surface area contributed by atoms with Gasteiger partial charge in [-0.15, -0.1) is 0 Å². The molecule has 1 unspecified atom stereocenters. The van der Waals surface area contributed by atoms with Crippen LogP contribution in [0.1, 0.15) is 28.8 Å². The Labute approximate surface area is 171 Å². The summed E-state index contributed by atoms with van der Waals surface area (Å²) >= 11 is 0. The van der Waals surface area contributed by atoms with E-state index in [2.05, 4.69) is 5.32 Å². The number of aryl methyl sites for hydroxylation is 1. The van der Waals surface area contributed by atoms with Crippen LogP contribution in [-0.2, 0) is 14.8 Å². The van der Waals surface area contributed by atoms with Crippen molar-refractivity contribution in [1.29, 1.82) is 0 Å². The van der Waals surface area contributed by atoms with Crippen molar-refractivity contribution >= 4 is 21.6 Å². The van der Waals surface area contributed by atoms with E-state index in [0.717, 1.165) is 19.4 Å². The molecule has 0 spiro atoms. The maximum absolute atomic E-state index is 12.9. The minimum absolute atomic E-state index is 0.0695. The highest BCUT2D eigenvalue weighted by molar-refractivity contribution is 7.92. The first-order valence-electron chi connectivity index (χ1n) is 9.46. The molecular formula is C21H26N2O5S. The summed E-state index contributed by atoms with van der Waals surface area (Å²) in [6.07, 6.45) is 2.04. The number of hydrogen-bond acceptors (Lipinski definition) is 5. The van der Waals surface area contributed by atoms with Gasteiger partial charge in [0.1, 0.15) is 5.75 Å². The number of nitrogens with one attached hydrogen (secondary N) is 1. The van der Waals surface area contributed by atoms with Gasteiger partial charge in [-0.2, -0.15) is 0 Å². The Hall–Kier alpha value is -2.58. The van der Waals surface area contributed by atoms with Crippen LogP contribution in [0, 0.1) is 6.92 Å². The van der Waals surface area contributed by atoms with E-state index in [9.17, 15) is 13.2 Å². The zero-order valence-electron chi connectivity index (χ0n) is 16.8. The summed E-state index contributed by atoms with van der Waals surface area (Å²) in [4.78, 5) is 12.6. The van der Waals surface area contributed by atoms with Crippen LogP contribution in [0.2, 0.25) is 0 Å². The Morgan fingerprint density at radius 1 is 1.24 bits per heavy atom. The fourth-order valence-corrected chi connectivity index (χ4v) is 4.56. The molecule has 1 amide bonds. The molecular weight excluding hydrogens is 392 g/mol. The van der Waals surface area contributed by atoms with E-state index < -0.39 is 10.0 Å². The van der Waals surface area contributed by atoms with Gasteiger partial charge >= 0.3 is 0 Å². The molecule has 1 aliphatic heterocycles. The van der Waals surface area contributed by atoms with Crippen LogP contribution < -0.4 is 14.4 Å². The molecule has 0 radical (unpaired) electrons. The van der Waals surface area contributed by atoms with Gasteiger partial charge in [0, 0.05) is 25.8 Å². The Bertz CT molecular complexity index is 967. The lowest BCUT2D eigenvalue weighted by atomic mass is 10.1. The lowest BCUT2D eigenvalue weighted by molar-refractivity contribution is 0.0857. The maximum atomic E-state index is 12.9. The van der Waals surface area contributed by atoms with Crippen LogP contribution in [0.3, 0.4) is 0 Å². The number of carbonyl (C=O) groups excluding carboxylic acids is 1. The van der Waals surface area contributed by atoms with E-state index in [-0.39, 0.29) is 16.9 Å². The van der Waals surface area contributed by atoms with Crippen LogP contribution in [0.5, 0.6) is 5.75 Å². The third kappa shape index (κ3) is 4.71. The van der Waals surface area contributed by atoms with Crippen LogP contribution in [0.4, 0.5) is 5.69 Å². The predicted molar refractivity (Wildman–Crippen MR) is 111 cm³/mol. The topological polar surface area (TPSA) is 84.9 Å². The molecule has 29 heavy (non-hydrogen) atoms. The fourth-order valence-electron chi connectivity index (χ4n) is 3.30. The monoisotopic (exact) mass is 418 g/mol. The molecule has 0 aliphatic carbocycles. The molecule has 0 aromatic heterocycles. The third-order valence-corrected chi connectivity index (χ3v) is 6.82. The number of benzene rings is 2. The molecule has 7 nitrogen and oxygen atoms in total. The molecule has 2 aromatic rings. The van der Waals surface area contributed by atoms with E-state index in [0.29, 0.717) is 29.1 Å². The standard InChI is InChI=1S/C21H26N2O5S/c1-15-13-16(21(24)22-14-18-5-4-12-28-18)6-11-20(15)23(2)29(25,26)19-9-7-17(27-3)8-10-19/h6-11,13,18H,4-5,12,14H2,1-3H3,(H,22,24). The summed E-state index contributed by atoms with van der Waals surface area (Å²) < 4.78 is 37.7. The van der Waals surface area contributed by atoms with Crippen molar-refractivity contribution in [1.82, 2.24) is 5.32 Å². The van der Waals surface area contributed by atoms with Crippen molar-refractivity contribution in [3.63, 3.8) is 0 Å². The molecule has 1 fully saturated rings. The van der Waals surface area contributed by atoms with Gasteiger partial charge in [-0.25, -0.2) is 8.42 Å². The van der Waals surface area contributed by atoms with E-state index in [1.165, 1.54) is 30.6 Å². The molecule has 1 saturated heterocycles. The highest BCUT2D eigenvalue weighted by Gasteiger charge is 2.23. The summed E-state index contributed by atoms with van der Waals surface area (Å²) in [5.41, 5.74) is 1.69. The van der Waals surface area contributed by atoms with Crippen molar-refractivity contribution in [3.05, 3.63) is 53.6 Å². The summed E-state index contributed by atoms with van der Waals surface area (Å²) in [7, 11) is -0.709. The summed E-state index contributed by atoms with van der Waals surface area (Å²) in [5.74, 6) is 0.386. The Balaban J connectivity index is 1.75. The van der Waals surface area contributed by atoms with Gasteiger partial charge in [-0.3, -0.25) is 9.10 Å². The SMILES string of the molecule is COc1ccc(S(=O)(=O)N(C)c2ccc(C(=O)NCC3CCCO3)cc2C)cc1. The summed E-state index contributed by atoms with van der Waals surface area (Å²) in [6.45, 7) is 3.00. The average molecular weight is 419 g/mol. The van der Waals surface area contributed by atoms with Crippen molar-refractivity contribution < 1.29 is 22.7 Å². The minimum Gasteiger partial charge on any atom is -0.497 e. The number of amides is 1. The molecule has 1 N–H and O–H groups in total. The lowest BCUT2D eigenvalue weighted by Gasteiger charge is -2.22. The predicted octanol–water partition coefficient (Wildman–Crippen LogP) is 2.74. The molecule has 3 rings (SSSR count). The smallest absolute Gasteiger partial charge is 0.264 e. The third-order valence-electron chi connectivity index (χ3n) is 5.03. The molecule has 8 heteroatoms. The minimum atomic E-state index is -3.73. The summed E-state index contributed by atoms with van der Waals surface area (Å²) in [5, 5.41) is 2.88. The number of rotatable bonds is 7. The first-order chi connectivity index (χ1) is 13.8. The second kappa shape index (κ2) is 8.84. The van der Waals surface area contributed by atoms with E-state index >= 15 is 0 Å². The Morgan fingerprint density at radius 2 is 1.97 bits per heavy atom. The number of sulfonamides is 1. The van der Waals surface area contributed by atoms with Crippen molar-refractivity contribution in [2.45, 2.75) is 30.8 Å². The molecule has 1 aliphatic rings. The summed E-state index contributed by atoms with van der Waals surface area (Å²) in [6, 6.07) is 11.2. The van der Waals surface area contributed by atoms with Gasteiger partial charge < -0.3 is 14.8 Å². The Kier molecular flexibility index (Phi) is 6.44. The molecule has 2 aromatic carbocycles. The maximum Gasteiger partial charge on any atom is 0.264 e. The number of hydrogen-bond donors (Lipinski definition) is 1. The van der Waals surface area contributed by atoms with Crippen LogP contribution in [0.15, 0.2) is 47.4 Å². The van der Waals surface area contributed by atoms with Gasteiger partial charge in [0.2, 0.25) is 0 Å². The second-order valence-corrected chi connectivity index (χ2v) is 8.96. The van der Waals surface area contributed by atoms with Gasteiger partial charge in [0.25, 0.3) is 15.9 Å². The first kappa shape index (κ1) is 21.1. The number of methoxy groups -OCH3 is 1. The van der Waals surface area contributed by atoms with Crippen molar-refractivity contribution in [3.8, 4) is 5.75 Å². The quantitative estimate of drug-likeness (QED) is 0.747. The number of nitrogens with zero attached hydrogens (tertiary/aromatic N) is 1. The fraction of sp³-hybridized carbons (Fsp3) is 0.381.